The van der Waals surface area contributed by atoms with E-state index in [2.05, 4.69) is 29.0 Å². The van der Waals surface area contributed by atoms with Crippen molar-refractivity contribution in [3.8, 4) is 5.75 Å². The lowest BCUT2D eigenvalue weighted by molar-refractivity contribution is -0.134. The van der Waals surface area contributed by atoms with E-state index in [4.69, 9.17) is 4.74 Å². The van der Waals surface area contributed by atoms with Gasteiger partial charge in [-0.1, -0.05) is 43.7 Å². The molecule has 31 heavy (non-hydrogen) atoms. The second-order valence-electron chi connectivity index (χ2n) is 8.03. The molecule has 0 saturated carbocycles. The highest BCUT2D eigenvalue weighted by Gasteiger charge is 2.23. The molecule has 0 spiro atoms. The van der Waals surface area contributed by atoms with Crippen molar-refractivity contribution in [3.05, 3.63) is 60.2 Å². The van der Waals surface area contributed by atoms with Crippen LogP contribution in [0.4, 0.5) is 0 Å². The molecule has 1 aliphatic rings. The Morgan fingerprint density at radius 3 is 2.39 bits per heavy atom. The number of ether oxygens (including phenoxy) is 1. The molecule has 3 rings (SSSR count). The summed E-state index contributed by atoms with van der Waals surface area (Å²) >= 11 is 0. The minimum atomic E-state index is -3.51. The number of hydrogen-bond donors (Lipinski definition) is 1. The average molecular weight is 445 g/mol. The maximum Gasteiger partial charge on any atom is 0.260 e. The Kier molecular flexibility index (Phi) is 8.49. The number of unbranched alkanes of at least 4 members (excludes halogenated alkanes) is 1. The molecule has 7 heteroatoms. The SMILES string of the molecule is CCCCNS(=O)(=O)c1ccc(OCC(=O)N2CCC(Cc3ccccc3)CC2)cc1. The Hall–Kier alpha value is -2.38. The van der Waals surface area contributed by atoms with Crippen molar-refractivity contribution in [3.63, 3.8) is 0 Å². The number of hydrogen-bond acceptors (Lipinski definition) is 4. The number of sulfonamides is 1. The molecule has 2 aromatic carbocycles. The summed E-state index contributed by atoms with van der Waals surface area (Å²) in [6.07, 6.45) is 4.78. The number of nitrogens with zero attached hydrogens (tertiary/aromatic N) is 1. The smallest absolute Gasteiger partial charge is 0.260 e. The largest absolute Gasteiger partial charge is 0.484 e. The standard InChI is InChI=1S/C24H32N2O4S/c1-2-3-15-25-31(28,29)23-11-9-22(10-12-23)30-19-24(27)26-16-13-21(14-17-26)18-20-7-5-4-6-8-20/h4-12,21,25H,2-3,13-19H2,1H3. The molecule has 1 amide bonds. The van der Waals surface area contributed by atoms with E-state index in [1.165, 1.54) is 17.7 Å². The van der Waals surface area contributed by atoms with E-state index < -0.39 is 10.0 Å². The zero-order chi connectivity index (χ0) is 22.1. The molecule has 0 bridgehead atoms. The molecule has 0 radical (unpaired) electrons. The van der Waals surface area contributed by atoms with Gasteiger partial charge in [0.25, 0.3) is 5.91 Å². The Morgan fingerprint density at radius 2 is 1.74 bits per heavy atom. The van der Waals surface area contributed by atoms with Crippen LogP contribution in [0, 0.1) is 5.92 Å². The molecule has 0 atom stereocenters. The minimum absolute atomic E-state index is 0.0314. The highest BCUT2D eigenvalue weighted by Crippen LogP contribution is 2.22. The van der Waals surface area contributed by atoms with Crippen molar-refractivity contribution in [2.45, 2.75) is 43.9 Å². The zero-order valence-electron chi connectivity index (χ0n) is 18.1. The van der Waals surface area contributed by atoms with Crippen LogP contribution in [-0.4, -0.2) is 45.5 Å². The summed E-state index contributed by atoms with van der Waals surface area (Å²) in [6.45, 7) is 3.90. The van der Waals surface area contributed by atoms with Gasteiger partial charge in [0.1, 0.15) is 5.75 Å². The third kappa shape index (κ3) is 7.08. The number of likely N-dealkylation sites (tertiary alicyclic amines) is 1. The van der Waals surface area contributed by atoms with Crippen LogP contribution in [0.5, 0.6) is 5.75 Å². The van der Waals surface area contributed by atoms with Crippen molar-refractivity contribution >= 4 is 15.9 Å². The topological polar surface area (TPSA) is 75.7 Å². The summed E-state index contributed by atoms with van der Waals surface area (Å²) in [5.41, 5.74) is 1.35. The van der Waals surface area contributed by atoms with Gasteiger partial charge in [0.05, 0.1) is 4.90 Å². The predicted octanol–water partition coefficient (Wildman–Crippen LogP) is 3.63. The lowest BCUT2D eigenvalue weighted by Crippen LogP contribution is -2.41. The fraction of sp³-hybridized carbons (Fsp3) is 0.458. The molecule has 0 aliphatic carbocycles. The van der Waals surface area contributed by atoms with Gasteiger partial charge in [-0.25, -0.2) is 13.1 Å². The van der Waals surface area contributed by atoms with E-state index in [1.807, 2.05) is 17.9 Å². The number of rotatable bonds is 10. The van der Waals surface area contributed by atoms with Gasteiger partial charge in [0, 0.05) is 19.6 Å². The van der Waals surface area contributed by atoms with Crippen LogP contribution in [0.15, 0.2) is 59.5 Å². The molecule has 1 fully saturated rings. The third-order valence-electron chi connectivity index (χ3n) is 5.65. The van der Waals surface area contributed by atoms with Crippen LogP contribution in [0.25, 0.3) is 0 Å². The van der Waals surface area contributed by atoms with E-state index in [0.29, 0.717) is 18.2 Å². The summed E-state index contributed by atoms with van der Waals surface area (Å²) < 4.78 is 32.6. The zero-order valence-corrected chi connectivity index (χ0v) is 18.9. The van der Waals surface area contributed by atoms with Crippen molar-refractivity contribution < 1.29 is 17.9 Å². The van der Waals surface area contributed by atoms with E-state index >= 15 is 0 Å². The maximum atomic E-state index is 12.5. The first kappa shape index (κ1) is 23.3. The van der Waals surface area contributed by atoms with E-state index in [-0.39, 0.29) is 17.4 Å². The molecule has 1 saturated heterocycles. The van der Waals surface area contributed by atoms with Gasteiger partial charge >= 0.3 is 0 Å². The summed E-state index contributed by atoms with van der Waals surface area (Å²) in [4.78, 5) is 14.6. The molecule has 0 unspecified atom stereocenters. The first-order chi connectivity index (χ1) is 15.0. The van der Waals surface area contributed by atoms with Gasteiger partial charge in [0.15, 0.2) is 6.61 Å². The number of amides is 1. The molecule has 168 valence electrons. The summed E-state index contributed by atoms with van der Waals surface area (Å²) in [6, 6.07) is 16.7. The number of piperidine rings is 1. The van der Waals surface area contributed by atoms with Crippen LogP contribution in [0.1, 0.15) is 38.2 Å². The van der Waals surface area contributed by atoms with Gasteiger partial charge in [-0.15, -0.1) is 0 Å². The molecule has 1 N–H and O–H groups in total. The van der Waals surface area contributed by atoms with Crippen LogP contribution < -0.4 is 9.46 Å². The second-order valence-corrected chi connectivity index (χ2v) is 9.79. The highest BCUT2D eigenvalue weighted by atomic mass is 32.2. The Balaban J connectivity index is 1.42. The molecule has 1 aliphatic heterocycles. The third-order valence-corrected chi connectivity index (χ3v) is 7.13. The van der Waals surface area contributed by atoms with Crippen molar-refractivity contribution in [2.75, 3.05) is 26.2 Å². The fourth-order valence-corrected chi connectivity index (χ4v) is 4.83. The first-order valence-corrected chi connectivity index (χ1v) is 12.5. The van der Waals surface area contributed by atoms with Gasteiger partial charge in [-0.2, -0.15) is 0 Å². The molecule has 1 heterocycles. The highest BCUT2D eigenvalue weighted by molar-refractivity contribution is 7.89. The first-order valence-electron chi connectivity index (χ1n) is 11.0. The number of carbonyl (C=O) groups excluding carboxylic acids is 1. The molecule has 2 aromatic rings. The lowest BCUT2D eigenvalue weighted by atomic mass is 9.90. The minimum Gasteiger partial charge on any atom is -0.484 e. The quantitative estimate of drug-likeness (QED) is 0.568. The number of benzene rings is 2. The van der Waals surface area contributed by atoms with E-state index in [1.54, 1.807) is 12.1 Å². The number of carbonyl (C=O) groups is 1. The van der Waals surface area contributed by atoms with Gasteiger partial charge < -0.3 is 9.64 Å². The van der Waals surface area contributed by atoms with E-state index in [9.17, 15) is 13.2 Å². The maximum absolute atomic E-state index is 12.5. The van der Waals surface area contributed by atoms with Crippen molar-refractivity contribution in [2.24, 2.45) is 5.92 Å². The van der Waals surface area contributed by atoms with Crippen LogP contribution in [-0.2, 0) is 21.2 Å². The second kappa shape index (κ2) is 11.3. The number of nitrogens with one attached hydrogen (secondary N) is 1. The summed E-state index contributed by atoms with van der Waals surface area (Å²) in [7, 11) is -3.51. The fourth-order valence-electron chi connectivity index (χ4n) is 3.75. The monoisotopic (exact) mass is 444 g/mol. The van der Waals surface area contributed by atoms with Gasteiger partial charge in [0.2, 0.25) is 10.0 Å². The molecule has 0 aromatic heterocycles. The van der Waals surface area contributed by atoms with Crippen LogP contribution in [0.2, 0.25) is 0 Å². The van der Waals surface area contributed by atoms with Gasteiger partial charge in [-0.3, -0.25) is 4.79 Å². The average Bonchev–Trinajstić information content (AvgIpc) is 2.79. The molecular formula is C24H32N2O4S. The Bertz CT molecular complexity index is 922. The van der Waals surface area contributed by atoms with Crippen LogP contribution in [0.3, 0.4) is 0 Å². The predicted molar refractivity (Wildman–Crippen MR) is 121 cm³/mol. The van der Waals surface area contributed by atoms with Gasteiger partial charge in [-0.05, 0) is 61.4 Å². The summed E-state index contributed by atoms with van der Waals surface area (Å²) in [5, 5.41) is 0. The Morgan fingerprint density at radius 1 is 1.06 bits per heavy atom. The van der Waals surface area contributed by atoms with Crippen molar-refractivity contribution in [1.82, 2.24) is 9.62 Å². The van der Waals surface area contributed by atoms with Crippen LogP contribution >= 0.6 is 0 Å². The van der Waals surface area contributed by atoms with E-state index in [0.717, 1.165) is 45.2 Å². The normalized spacial score (nSPS) is 15.1. The molecular weight excluding hydrogens is 412 g/mol. The lowest BCUT2D eigenvalue weighted by Gasteiger charge is -2.32. The Labute approximate surface area is 185 Å². The summed E-state index contributed by atoms with van der Waals surface area (Å²) in [5.74, 6) is 1.06. The van der Waals surface area contributed by atoms with Crippen molar-refractivity contribution in [1.29, 1.82) is 0 Å². The molecule has 6 nitrogen and oxygen atoms in total.